The van der Waals surface area contributed by atoms with Crippen LogP contribution < -0.4 is 14.8 Å². The lowest BCUT2D eigenvalue weighted by molar-refractivity contribution is 0.338. The third-order valence-corrected chi connectivity index (χ3v) is 2.58. The van der Waals surface area contributed by atoms with E-state index < -0.39 is 0 Å². The summed E-state index contributed by atoms with van der Waals surface area (Å²) < 4.78 is 11.3. The van der Waals surface area contributed by atoms with Gasteiger partial charge in [0.25, 0.3) is 0 Å². The van der Waals surface area contributed by atoms with Gasteiger partial charge in [-0.3, -0.25) is 4.98 Å². The monoisotopic (exact) mass is 258 g/mol. The van der Waals surface area contributed by atoms with Gasteiger partial charge in [0.2, 0.25) is 0 Å². The summed E-state index contributed by atoms with van der Waals surface area (Å²) in [6.07, 6.45) is 3.48. The Morgan fingerprint density at radius 2 is 2.05 bits per heavy atom. The first kappa shape index (κ1) is 13.4. The Morgan fingerprint density at radius 3 is 2.84 bits per heavy atom. The summed E-state index contributed by atoms with van der Waals surface area (Å²) in [5.41, 5.74) is 1.07. The first-order chi connectivity index (χ1) is 9.33. The van der Waals surface area contributed by atoms with Crippen LogP contribution in [0, 0.1) is 0 Å². The average molecular weight is 258 g/mol. The van der Waals surface area contributed by atoms with Gasteiger partial charge in [-0.2, -0.15) is 0 Å². The first-order valence-corrected chi connectivity index (χ1v) is 6.31. The molecule has 0 bridgehead atoms. The maximum atomic E-state index is 5.87. The minimum absolute atomic E-state index is 0.640. The second kappa shape index (κ2) is 6.75. The highest BCUT2D eigenvalue weighted by Gasteiger charge is 2.05. The van der Waals surface area contributed by atoms with Crippen molar-refractivity contribution in [1.29, 1.82) is 0 Å². The maximum Gasteiger partial charge on any atom is 0.150 e. The van der Waals surface area contributed by atoms with Crippen molar-refractivity contribution in [2.45, 2.75) is 13.5 Å². The van der Waals surface area contributed by atoms with Crippen LogP contribution in [0.15, 0.2) is 42.7 Å². The van der Waals surface area contributed by atoms with Crippen LogP contribution in [0.25, 0.3) is 0 Å². The average Bonchev–Trinajstić information content (AvgIpc) is 2.42. The Labute approximate surface area is 113 Å². The van der Waals surface area contributed by atoms with Gasteiger partial charge in [0.15, 0.2) is 0 Å². The van der Waals surface area contributed by atoms with Crippen LogP contribution in [0.4, 0.5) is 0 Å². The van der Waals surface area contributed by atoms with Gasteiger partial charge in [-0.05, 0) is 32.2 Å². The van der Waals surface area contributed by atoms with Crippen molar-refractivity contribution in [2.24, 2.45) is 0 Å². The Kier molecular flexibility index (Phi) is 4.75. The lowest BCUT2D eigenvalue weighted by atomic mass is 10.2. The van der Waals surface area contributed by atoms with E-state index in [0.717, 1.165) is 29.4 Å². The van der Waals surface area contributed by atoms with E-state index >= 15 is 0 Å². The van der Waals surface area contributed by atoms with E-state index in [9.17, 15) is 0 Å². The highest BCUT2D eigenvalue weighted by atomic mass is 16.5. The fourth-order valence-electron chi connectivity index (χ4n) is 1.76. The zero-order valence-electron chi connectivity index (χ0n) is 11.2. The smallest absolute Gasteiger partial charge is 0.150 e. The fraction of sp³-hybridized carbons (Fsp3) is 0.267. The highest BCUT2D eigenvalue weighted by molar-refractivity contribution is 5.39. The van der Waals surface area contributed by atoms with Crippen molar-refractivity contribution in [3.63, 3.8) is 0 Å². The molecule has 4 heteroatoms. The largest absolute Gasteiger partial charge is 0.494 e. The van der Waals surface area contributed by atoms with E-state index in [2.05, 4.69) is 10.3 Å². The van der Waals surface area contributed by atoms with Crippen molar-refractivity contribution in [3.05, 3.63) is 48.3 Å². The summed E-state index contributed by atoms with van der Waals surface area (Å²) in [5.74, 6) is 2.31. The third kappa shape index (κ3) is 3.69. The van der Waals surface area contributed by atoms with Crippen molar-refractivity contribution >= 4 is 0 Å². The molecule has 1 aromatic carbocycles. The Hall–Kier alpha value is -2.07. The summed E-state index contributed by atoms with van der Waals surface area (Å²) >= 11 is 0. The zero-order valence-corrected chi connectivity index (χ0v) is 11.2. The zero-order chi connectivity index (χ0) is 13.5. The fourth-order valence-corrected chi connectivity index (χ4v) is 1.76. The summed E-state index contributed by atoms with van der Waals surface area (Å²) in [5, 5.41) is 3.11. The first-order valence-electron chi connectivity index (χ1n) is 6.31. The molecular weight excluding hydrogens is 240 g/mol. The van der Waals surface area contributed by atoms with Gasteiger partial charge in [-0.1, -0.05) is 6.07 Å². The summed E-state index contributed by atoms with van der Waals surface area (Å²) in [4.78, 5) is 4.10. The topological polar surface area (TPSA) is 43.4 Å². The number of ether oxygens (including phenoxy) is 2. The maximum absolute atomic E-state index is 5.87. The predicted octanol–water partition coefficient (Wildman–Crippen LogP) is 2.99. The van der Waals surface area contributed by atoms with E-state index in [1.807, 2.05) is 44.3 Å². The molecule has 1 N–H and O–H groups in total. The quantitative estimate of drug-likeness (QED) is 0.865. The highest BCUT2D eigenvalue weighted by Crippen LogP contribution is 2.27. The Balaban J connectivity index is 2.18. The van der Waals surface area contributed by atoms with Gasteiger partial charge in [0.1, 0.15) is 17.2 Å². The molecule has 1 aromatic heterocycles. The van der Waals surface area contributed by atoms with Gasteiger partial charge in [-0.15, -0.1) is 0 Å². The molecular formula is C15H18N2O2. The number of nitrogens with one attached hydrogen (secondary N) is 1. The molecule has 0 aliphatic carbocycles. The number of pyridine rings is 1. The molecule has 0 fully saturated rings. The van der Waals surface area contributed by atoms with Crippen LogP contribution in [-0.2, 0) is 6.54 Å². The molecule has 2 rings (SSSR count). The number of hydrogen-bond donors (Lipinski definition) is 1. The third-order valence-electron chi connectivity index (χ3n) is 2.58. The van der Waals surface area contributed by atoms with Crippen LogP contribution >= 0.6 is 0 Å². The molecule has 19 heavy (non-hydrogen) atoms. The minimum Gasteiger partial charge on any atom is -0.494 e. The van der Waals surface area contributed by atoms with Gasteiger partial charge in [0, 0.05) is 24.4 Å². The predicted molar refractivity (Wildman–Crippen MR) is 74.7 cm³/mol. The number of hydrogen-bond acceptors (Lipinski definition) is 4. The standard InChI is InChI=1S/C15H18N2O2/c1-3-18-13-5-4-6-14(9-13)19-15-11-17-8-7-12(15)10-16-2/h4-9,11,16H,3,10H2,1-2H3. The van der Waals surface area contributed by atoms with E-state index in [1.165, 1.54) is 0 Å². The van der Waals surface area contributed by atoms with Gasteiger partial charge < -0.3 is 14.8 Å². The van der Waals surface area contributed by atoms with Crippen LogP contribution in [-0.4, -0.2) is 18.6 Å². The van der Waals surface area contributed by atoms with Crippen LogP contribution in [0.5, 0.6) is 17.2 Å². The van der Waals surface area contributed by atoms with Crippen LogP contribution in [0.2, 0.25) is 0 Å². The molecule has 0 radical (unpaired) electrons. The van der Waals surface area contributed by atoms with E-state index in [-0.39, 0.29) is 0 Å². The van der Waals surface area contributed by atoms with Crippen molar-refractivity contribution in [1.82, 2.24) is 10.3 Å². The molecule has 100 valence electrons. The van der Waals surface area contributed by atoms with Gasteiger partial charge in [0.05, 0.1) is 12.8 Å². The van der Waals surface area contributed by atoms with E-state index in [1.54, 1.807) is 12.4 Å². The summed E-state index contributed by atoms with van der Waals surface area (Å²) in [6.45, 7) is 3.34. The molecule has 0 amide bonds. The van der Waals surface area contributed by atoms with E-state index in [0.29, 0.717) is 6.61 Å². The summed E-state index contributed by atoms with van der Waals surface area (Å²) in [7, 11) is 1.90. The molecule has 1 heterocycles. The van der Waals surface area contributed by atoms with Crippen molar-refractivity contribution in [2.75, 3.05) is 13.7 Å². The molecule has 4 nitrogen and oxygen atoms in total. The van der Waals surface area contributed by atoms with Gasteiger partial charge in [-0.25, -0.2) is 0 Å². The second-order valence-electron chi connectivity index (χ2n) is 4.02. The minimum atomic E-state index is 0.640. The number of rotatable bonds is 6. The molecule has 0 saturated heterocycles. The number of benzene rings is 1. The number of nitrogens with zero attached hydrogens (tertiary/aromatic N) is 1. The molecule has 0 aliphatic rings. The molecule has 0 spiro atoms. The Morgan fingerprint density at radius 1 is 1.21 bits per heavy atom. The van der Waals surface area contributed by atoms with Gasteiger partial charge >= 0.3 is 0 Å². The normalized spacial score (nSPS) is 10.2. The van der Waals surface area contributed by atoms with Crippen molar-refractivity contribution in [3.8, 4) is 17.2 Å². The molecule has 0 unspecified atom stereocenters. The molecule has 2 aromatic rings. The summed E-state index contributed by atoms with van der Waals surface area (Å²) in [6, 6.07) is 9.54. The van der Waals surface area contributed by atoms with Crippen LogP contribution in [0.1, 0.15) is 12.5 Å². The molecule has 0 atom stereocenters. The second-order valence-corrected chi connectivity index (χ2v) is 4.02. The lowest BCUT2D eigenvalue weighted by Gasteiger charge is -2.11. The Bertz CT molecular complexity index is 529. The van der Waals surface area contributed by atoms with Crippen LogP contribution in [0.3, 0.4) is 0 Å². The SMILES string of the molecule is CCOc1cccc(Oc2cnccc2CNC)c1. The molecule has 0 saturated carbocycles. The molecule has 0 aliphatic heterocycles. The number of aromatic nitrogens is 1. The van der Waals surface area contributed by atoms with E-state index in [4.69, 9.17) is 9.47 Å². The van der Waals surface area contributed by atoms with Crippen molar-refractivity contribution < 1.29 is 9.47 Å². The lowest BCUT2D eigenvalue weighted by Crippen LogP contribution is -2.06.